The number of halogens is 1. The molecule has 4 heteroatoms. The van der Waals surface area contributed by atoms with E-state index in [4.69, 9.17) is 4.74 Å². The van der Waals surface area contributed by atoms with Gasteiger partial charge in [0.05, 0.1) is 6.61 Å². The van der Waals surface area contributed by atoms with Crippen LogP contribution in [0.15, 0.2) is 22.7 Å². The fourth-order valence-electron chi connectivity index (χ4n) is 1.54. The number of nitrogens with one attached hydrogen (secondary N) is 2. The summed E-state index contributed by atoms with van der Waals surface area (Å²) in [5.74, 6) is 0. The maximum absolute atomic E-state index is 4.96. The Hall–Kier alpha value is -0.420. The van der Waals surface area contributed by atoms with Crippen LogP contribution in [-0.2, 0) is 11.3 Å². The summed E-state index contributed by atoms with van der Waals surface area (Å²) < 4.78 is 6.17. The maximum Gasteiger partial charge on any atom is 0.0587 e. The topological polar surface area (TPSA) is 33.3 Å². The van der Waals surface area contributed by atoms with Crippen molar-refractivity contribution in [1.82, 2.24) is 10.6 Å². The summed E-state index contributed by atoms with van der Waals surface area (Å²) >= 11 is 3.61. The maximum atomic E-state index is 4.96. The molecule has 1 aromatic carbocycles. The highest BCUT2D eigenvalue weighted by Gasteiger charge is 2.00. The molecule has 0 saturated heterocycles. The highest BCUT2D eigenvalue weighted by atomic mass is 79.9. The van der Waals surface area contributed by atoms with Gasteiger partial charge in [-0.3, -0.25) is 0 Å². The Balaban J connectivity index is 2.16. The fourth-order valence-corrected chi connectivity index (χ4v) is 1.95. The number of ether oxygens (including phenoxy) is 1. The van der Waals surface area contributed by atoms with Crippen LogP contribution in [0.2, 0.25) is 0 Å². The largest absolute Gasteiger partial charge is 0.383 e. The van der Waals surface area contributed by atoms with Crippen LogP contribution in [0.3, 0.4) is 0 Å². The molecule has 0 aliphatic rings. The molecule has 0 aromatic heterocycles. The molecule has 0 bridgehead atoms. The van der Waals surface area contributed by atoms with Crippen molar-refractivity contribution < 1.29 is 4.74 Å². The lowest BCUT2D eigenvalue weighted by molar-refractivity contribution is 0.199. The predicted octanol–water partition coefficient (Wildman–Crippen LogP) is 2.08. The van der Waals surface area contributed by atoms with Gasteiger partial charge in [-0.2, -0.15) is 0 Å². The van der Waals surface area contributed by atoms with E-state index in [1.807, 2.05) is 0 Å². The summed E-state index contributed by atoms with van der Waals surface area (Å²) in [5, 5.41) is 6.71. The number of hydrogen-bond acceptors (Lipinski definition) is 3. The van der Waals surface area contributed by atoms with Crippen molar-refractivity contribution in [2.24, 2.45) is 0 Å². The van der Waals surface area contributed by atoms with Crippen LogP contribution in [0, 0.1) is 6.92 Å². The van der Waals surface area contributed by atoms with E-state index < -0.39 is 0 Å². The summed E-state index contributed by atoms with van der Waals surface area (Å²) in [6.45, 7) is 6.61. The Morgan fingerprint density at radius 1 is 1.18 bits per heavy atom. The number of hydrogen-bond donors (Lipinski definition) is 2. The Morgan fingerprint density at radius 2 is 1.94 bits per heavy atom. The molecular weight excluding hydrogens is 280 g/mol. The molecule has 17 heavy (non-hydrogen) atoms. The standard InChI is InChI=1S/C13H21BrN2O/c1-11-4-3-5-12(13(11)14)10-16-7-6-15-8-9-17-2/h3-5,15-16H,6-10H2,1-2H3. The van der Waals surface area contributed by atoms with Crippen LogP contribution in [0.4, 0.5) is 0 Å². The average molecular weight is 301 g/mol. The van der Waals surface area contributed by atoms with Gasteiger partial charge in [0.25, 0.3) is 0 Å². The monoisotopic (exact) mass is 300 g/mol. The quantitative estimate of drug-likeness (QED) is 0.721. The lowest BCUT2D eigenvalue weighted by Crippen LogP contribution is -2.29. The predicted molar refractivity (Wildman–Crippen MR) is 75.3 cm³/mol. The molecule has 0 fully saturated rings. The van der Waals surface area contributed by atoms with Crippen LogP contribution in [0.1, 0.15) is 11.1 Å². The molecule has 0 unspecified atom stereocenters. The summed E-state index contributed by atoms with van der Waals surface area (Å²) in [5.41, 5.74) is 2.59. The van der Waals surface area contributed by atoms with Crippen molar-refractivity contribution in [2.75, 3.05) is 33.4 Å². The van der Waals surface area contributed by atoms with E-state index >= 15 is 0 Å². The first-order valence-electron chi connectivity index (χ1n) is 5.90. The summed E-state index contributed by atoms with van der Waals surface area (Å²) in [4.78, 5) is 0. The molecule has 1 aromatic rings. The van der Waals surface area contributed by atoms with E-state index in [9.17, 15) is 0 Å². The normalized spacial score (nSPS) is 10.8. The van der Waals surface area contributed by atoms with E-state index in [1.54, 1.807) is 7.11 Å². The molecule has 0 radical (unpaired) electrons. The molecule has 0 spiro atoms. The zero-order valence-electron chi connectivity index (χ0n) is 10.6. The second kappa shape index (κ2) is 8.64. The first kappa shape index (κ1) is 14.6. The van der Waals surface area contributed by atoms with Crippen molar-refractivity contribution in [3.05, 3.63) is 33.8 Å². The molecule has 2 N–H and O–H groups in total. The van der Waals surface area contributed by atoms with Gasteiger partial charge in [0.15, 0.2) is 0 Å². The lowest BCUT2D eigenvalue weighted by Gasteiger charge is -2.09. The van der Waals surface area contributed by atoms with Crippen molar-refractivity contribution in [2.45, 2.75) is 13.5 Å². The van der Waals surface area contributed by atoms with Gasteiger partial charge in [0, 0.05) is 37.8 Å². The average Bonchev–Trinajstić information content (AvgIpc) is 2.33. The molecule has 0 aliphatic heterocycles. The SMILES string of the molecule is COCCNCCNCc1cccc(C)c1Br. The molecule has 0 aliphatic carbocycles. The van der Waals surface area contributed by atoms with Gasteiger partial charge in [-0.15, -0.1) is 0 Å². The van der Waals surface area contributed by atoms with Gasteiger partial charge in [0.2, 0.25) is 0 Å². The third-order valence-corrected chi connectivity index (χ3v) is 3.68. The van der Waals surface area contributed by atoms with Crippen LogP contribution < -0.4 is 10.6 Å². The number of benzene rings is 1. The van der Waals surface area contributed by atoms with Crippen molar-refractivity contribution in [3.8, 4) is 0 Å². The molecule has 1 rings (SSSR count). The number of methoxy groups -OCH3 is 1. The molecule has 0 amide bonds. The number of rotatable bonds is 8. The smallest absolute Gasteiger partial charge is 0.0587 e. The minimum absolute atomic E-state index is 0.767. The van der Waals surface area contributed by atoms with E-state index in [2.05, 4.69) is 51.7 Å². The highest BCUT2D eigenvalue weighted by Crippen LogP contribution is 2.20. The zero-order chi connectivity index (χ0) is 12.5. The third kappa shape index (κ3) is 5.64. The van der Waals surface area contributed by atoms with Crippen molar-refractivity contribution >= 4 is 15.9 Å². The van der Waals surface area contributed by atoms with Crippen LogP contribution in [-0.4, -0.2) is 33.4 Å². The Labute approximate surface area is 112 Å². The van der Waals surface area contributed by atoms with Gasteiger partial charge < -0.3 is 15.4 Å². The second-order valence-electron chi connectivity index (χ2n) is 3.97. The molecular formula is C13H21BrN2O. The van der Waals surface area contributed by atoms with Gasteiger partial charge in [-0.25, -0.2) is 0 Å². The van der Waals surface area contributed by atoms with E-state index in [0.29, 0.717) is 0 Å². The second-order valence-corrected chi connectivity index (χ2v) is 4.76. The Kier molecular flexibility index (Phi) is 7.44. The van der Waals surface area contributed by atoms with Gasteiger partial charge in [0.1, 0.15) is 0 Å². The van der Waals surface area contributed by atoms with E-state index in [-0.39, 0.29) is 0 Å². The van der Waals surface area contributed by atoms with Gasteiger partial charge in [-0.05, 0) is 18.1 Å². The molecule has 3 nitrogen and oxygen atoms in total. The third-order valence-electron chi connectivity index (χ3n) is 2.55. The minimum Gasteiger partial charge on any atom is -0.383 e. The number of aryl methyl sites for hydroxylation is 1. The highest BCUT2D eigenvalue weighted by molar-refractivity contribution is 9.10. The van der Waals surface area contributed by atoms with Crippen molar-refractivity contribution in [1.29, 1.82) is 0 Å². The lowest BCUT2D eigenvalue weighted by atomic mass is 10.1. The Morgan fingerprint density at radius 3 is 2.71 bits per heavy atom. The van der Waals surface area contributed by atoms with E-state index in [1.165, 1.54) is 15.6 Å². The zero-order valence-corrected chi connectivity index (χ0v) is 12.1. The first-order chi connectivity index (χ1) is 8.25. The van der Waals surface area contributed by atoms with Gasteiger partial charge in [-0.1, -0.05) is 34.1 Å². The van der Waals surface area contributed by atoms with Crippen LogP contribution in [0.5, 0.6) is 0 Å². The first-order valence-corrected chi connectivity index (χ1v) is 6.69. The molecule has 96 valence electrons. The van der Waals surface area contributed by atoms with Crippen molar-refractivity contribution in [3.63, 3.8) is 0 Å². The molecule has 0 heterocycles. The van der Waals surface area contributed by atoms with Crippen LogP contribution in [0.25, 0.3) is 0 Å². The summed E-state index contributed by atoms with van der Waals surface area (Å²) in [6.07, 6.45) is 0. The van der Waals surface area contributed by atoms with Gasteiger partial charge >= 0.3 is 0 Å². The fraction of sp³-hybridized carbons (Fsp3) is 0.538. The van der Waals surface area contributed by atoms with Crippen LogP contribution >= 0.6 is 15.9 Å². The summed E-state index contributed by atoms with van der Waals surface area (Å²) in [6, 6.07) is 6.34. The van der Waals surface area contributed by atoms with E-state index in [0.717, 1.165) is 32.8 Å². The molecule has 0 atom stereocenters. The Bertz CT molecular complexity index is 331. The molecule has 0 saturated carbocycles. The summed E-state index contributed by atoms with van der Waals surface area (Å²) in [7, 11) is 1.72. The minimum atomic E-state index is 0.767.